The van der Waals surface area contributed by atoms with E-state index < -0.39 is 11.9 Å². The van der Waals surface area contributed by atoms with Crippen LogP contribution in [0.4, 0.5) is 0 Å². The first-order chi connectivity index (χ1) is 26.3. The number of fused-ring (bicyclic) bond motifs is 10. The largest absolute Gasteiger partial charge is 0.481 e. The van der Waals surface area contributed by atoms with Gasteiger partial charge in [0.2, 0.25) is 0 Å². The highest BCUT2D eigenvalue weighted by Crippen LogP contribution is 2.70. The molecule has 0 aromatic rings. The molecule has 8 unspecified atom stereocenters. The highest BCUT2D eigenvalue weighted by Gasteiger charge is 2.65. The number of carbonyl (C=O) groups is 2. The minimum Gasteiger partial charge on any atom is -0.481 e. The molecule has 8 nitrogen and oxygen atoms in total. The van der Waals surface area contributed by atoms with Gasteiger partial charge in [0.1, 0.15) is 0 Å². The Hall–Kier alpha value is -1.22. The summed E-state index contributed by atoms with van der Waals surface area (Å²) in [6, 6.07) is 0. The molecule has 20 atom stereocenters. The standard InChI is InChI=1S/2C24H40O4/c1-14(4-9-22(27)28)18-7-8-19-17-6-5-15-12-16(25)10-11-23(15,2)20(17)13-21(26)24(18,19)3;1-14(4-7-21(27)28)17-5-6-18-22-19(9-11-24(17,18)3)23(2)10-8-16(25)12-15(23)13-20(22)26/h14-21,25-26H,4-13H2,1-3H3,(H,27,28);14-20,22,25-26H,4-13H2,1-3H3,(H,27,28)/t14?,15-,16-,17?,18-,19?,20?,21+,23+,24-;14?,15-,16+,17+,18?,19?,20+,22?,23-,24+/m10/s1. The Labute approximate surface area is 338 Å². The molecule has 8 heteroatoms. The summed E-state index contributed by atoms with van der Waals surface area (Å²) in [5, 5.41) is 61.3. The average molecular weight is 785 g/mol. The normalized spacial score (nSPS) is 51.7. The number of rotatable bonds is 8. The van der Waals surface area contributed by atoms with Crippen molar-refractivity contribution in [2.24, 2.45) is 92.7 Å². The summed E-state index contributed by atoms with van der Waals surface area (Å²) >= 11 is 0. The number of hydrogen-bond donors (Lipinski definition) is 6. The van der Waals surface area contributed by atoms with Crippen LogP contribution in [0.3, 0.4) is 0 Å². The van der Waals surface area contributed by atoms with Gasteiger partial charge in [0.15, 0.2) is 0 Å². The molecule has 0 bridgehead atoms. The molecule has 8 aliphatic carbocycles. The molecule has 0 heterocycles. The molecule has 8 rings (SSSR count). The topological polar surface area (TPSA) is 156 Å². The first kappa shape index (κ1) is 42.9. The Morgan fingerprint density at radius 1 is 0.554 bits per heavy atom. The molecule has 56 heavy (non-hydrogen) atoms. The van der Waals surface area contributed by atoms with Crippen molar-refractivity contribution in [3.05, 3.63) is 0 Å². The summed E-state index contributed by atoms with van der Waals surface area (Å²) in [6.07, 6.45) is 18.5. The number of aliphatic hydroxyl groups is 4. The quantitative estimate of drug-likeness (QED) is 0.143. The SMILES string of the molecule is CC(CCC(=O)O)[C@H]1CCC2C3C(CC[C@@]21C)[C@@]1(C)CC[C@@H](O)C[C@H]1C[C@H]3O.CC(CCC(=O)O)[C@H]1CCC2C3CC[C@@H]4C[C@H](O)CC[C@]4(C)C3C[C@H](O)[C@@]21C. The molecule has 0 aliphatic heterocycles. The summed E-state index contributed by atoms with van der Waals surface area (Å²) in [4.78, 5) is 22.1. The van der Waals surface area contributed by atoms with E-state index in [1.54, 1.807) is 0 Å². The fraction of sp³-hybridized carbons (Fsp3) is 0.958. The maximum atomic E-state index is 11.5. The van der Waals surface area contributed by atoms with E-state index in [0.717, 1.165) is 70.6 Å². The Kier molecular flexibility index (Phi) is 12.3. The molecule has 8 saturated carbocycles. The molecular formula is C48H80O8. The van der Waals surface area contributed by atoms with E-state index in [1.165, 1.54) is 44.9 Å². The summed E-state index contributed by atoms with van der Waals surface area (Å²) in [7, 11) is 0. The molecule has 320 valence electrons. The minimum absolute atomic E-state index is 0.0591. The first-order valence-electron chi connectivity index (χ1n) is 23.5. The van der Waals surface area contributed by atoms with Gasteiger partial charge in [0.25, 0.3) is 0 Å². The van der Waals surface area contributed by atoms with Crippen molar-refractivity contribution in [1.29, 1.82) is 0 Å². The van der Waals surface area contributed by atoms with Gasteiger partial charge in [0, 0.05) is 12.8 Å². The number of aliphatic hydroxyl groups excluding tert-OH is 4. The van der Waals surface area contributed by atoms with Crippen molar-refractivity contribution < 1.29 is 40.2 Å². The molecule has 0 saturated heterocycles. The van der Waals surface area contributed by atoms with Crippen LogP contribution in [-0.2, 0) is 9.59 Å². The Morgan fingerprint density at radius 2 is 1.07 bits per heavy atom. The molecule has 0 amide bonds. The lowest BCUT2D eigenvalue weighted by Crippen LogP contribution is -2.58. The average Bonchev–Trinajstić information content (AvgIpc) is 3.69. The number of aliphatic carboxylic acids is 2. The minimum atomic E-state index is -0.707. The number of carboxylic acids is 2. The fourth-order valence-corrected chi connectivity index (χ4v) is 17.4. The molecule has 0 radical (unpaired) electrons. The summed E-state index contributed by atoms with van der Waals surface area (Å²) < 4.78 is 0. The Bertz CT molecular complexity index is 1410. The molecule has 0 spiro atoms. The predicted molar refractivity (Wildman–Crippen MR) is 217 cm³/mol. The van der Waals surface area contributed by atoms with Crippen LogP contribution in [0.2, 0.25) is 0 Å². The van der Waals surface area contributed by atoms with Crippen LogP contribution in [0.1, 0.15) is 170 Å². The van der Waals surface area contributed by atoms with E-state index in [1.807, 2.05) is 0 Å². The van der Waals surface area contributed by atoms with Gasteiger partial charge in [-0.3, -0.25) is 9.59 Å². The molecule has 8 aliphatic rings. The first-order valence-corrected chi connectivity index (χ1v) is 23.5. The van der Waals surface area contributed by atoms with Crippen LogP contribution in [0, 0.1) is 92.7 Å². The third-order valence-electron chi connectivity index (χ3n) is 20.5. The maximum Gasteiger partial charge on any atom is 0.303 e. The lowest BCUT2D eigenvalue weighted by molar-refractivity contribution is -0.175. The lowest BCUT2D eigenvalue weighted by atomic mass is 9.43. The van der Waals surface area contributed by atoms with E-state index >= 15 is 0 Å². The Morgan fingerprint density at radius 3 is 1.70 bits per heavy atom. The van der Waals surface area contributed by atoms with Gasteiger partial charge in [-0.15, -0.1) is 0 Å². The zero-order valence-corrected chi connectivity index (χ0v) is 35.9. The van der Waals surface area contributed by atoms with Crippen LogP contribution in [0.5, 0.6) is 0 Å². The van der Waals surface area contributed by atoms with Crippen LogP contribution in [0.25, 0.3) is 0 Å². The van der Waals surface area contributed by atoms with E-state index in [4.69, 9.17) is 10.2 Å². The van der Waals surface area contributed by atoms with Gasteiger partial charge in [-0.05, 0) is 208 Å². The second kappa shape index (κ2) is 16.0. The van der Waals surface area contributed by atoms with Crippen molar-refractivity contribution in [3.63, 3.8) is 0 Å². The van der Waals surface area contributed by atoms with Gasteiger partial charge < -0.3 is 30.6 Å². The lowest BCUT2D eigenvalue weighted by Gasteiger charge is -2.62. The molecular weight excluding hydrogens is 705 g/mol. The monoisotopic (exact) mass is 785 g/mol. The van der Waals surface area contributed by atoms with Crippen LogP contribution >= 0.6 is 0 Å². The van der Waals surface area contributed by atoms with E-state index in [9.17, 15) is 30.0 Å². The van der Waals surface area contributed by atoms with Gasteiger partial charge >= 0.3 is 11.9 Å². The smallest absolute Gasteiger partial charge is 0.303 e. The van der Waals surface area contributed by atoms with Crippen LogP contribution < -0.4 is 0 Å². The molecule has 6 N–H and O–H groups in total. The van der Waals surface area contributed by atoms with Crippen LogP contribution in [-0.4, -0.2) is 67.0 Å². The number of carboxylic acid groups (broad SMARTS) is 2. The van der Waals surface area contributed by atoms with Crippen molar-refractivity contribution in [2.45, 2.75) is 194 Å². The molecule has 0 aromatic heterocycles. The summed E-state index contributed by atoms with van der Waals surface area (Å²) in [5.74, 6) is 4.91. The van der Waals surface area contributed by atoms with Crippen molar-refractivity contribution in [1.82, 2.24) is 0 Å². The Balaban J connectivity index is 0.000000172. The van der Waals surface area contributed by atoms with Gasteiger partial charge in [-0.1, -0.05) is 41.5 Å². The third kappa shape index (κ3) is 7.24. The fourth-order valence-electron chi connectivity index (χ4n) is 17.4. The van der Waals surface area contributed by atoms with E-state index in [0.29, 0.717) is 71.0 Å². The van der Waals surface area contributed by atoms with E-state index in [2.05, 4.69) is 41.5 Å². The molecule has 8 fully saturated rings. The van der Waals surface area contributed by atoms with Gasteiger partial charge in [-0.2, -0.15) is 0 Å². The predicted octanol–water partition coefficient (Wildman–Crippen LogP) is 8.96. The summed E-state index contributed by atoms with van der Waals surface area (Å²) in [6.45, 7) is 14.2. The zero-order chi connectivity index (χ0) is 40.5. The second-order valence-corrected chi connectivity index (χ2v) is 22.7. The van der Waals surface area contributed by atoms with Crippen LogP contribution in [0.15, 0.2) is 0 Å². The second-order valence-electron chi connectivity index (χ2n) is 22.7. The third-order valence-corrected chi connectivity index (χ3v) is 20.5. The highest BCUT2D eigenvalue weighted by molar-refractivity contribution is 5.66. The highest BCUT2D eigenvalue weighted by atomic mass is 16.4. The maximum absolute atomic E-state index is 11.5. The zero-order valence-electron chi connectivity index (χ0n) is 35.9. The van der Waals surface area contributed by atoms with Gasteiger partial charge in [0.05, 0.1) is 24.4 Å². The van der Waals surface area contributed by atoms with Gasteiger partial charge in [-0.25, -0.2) is 0 Å². The van der Waals surface area contributed by atoms with Crippen molar-refractivity contribution in [2.75, 3.05) is 0 Å². The molecule has 0 aromatic carbocycles. The number of hydrogen-bond acceptors (Lipinski definition) is 6. The van der Waals surface area contributed by atoms with Crippen molar-refractivity contribution in [3.8, 4) is 0 Å². The van der Waals surface area contributed by atoms with Crippen molar-refractivity contribution >= 4 is 11.9 Å². The summed E-state index contributed by atoms with van der Waals surface area (Å²) in [5.41, 5.74) is 0.739. The van der Waals surface area contributed by atoms with E-state index in [-0.39, 0.29) is 58.9 Å².